The summed E-state index contributed by atoms with van der Waals surface area (Å²) in [5.74, 6) is 0.497. The number of carboxylic acid groups (broad SMARTS) is 1. The van der Waals surface area contributed by atoms with Crippen LogP contribution in [-0.2, 0) is 11.2 Å². The van der Waals surface area contributed by atoms with Crippen molar-refractivity contribution in [1.29, 1.82) is 0 Å². The fourth-order valence-electron chi connectivity index (χ4n) is 3.31. The number of benzene rings is 3. The lowest BCUT2D eigenvalue weighted by Gasteiger charge is -2.19. The highest BCUT2D eigenvalue weighted by Gasteiger charge is 2.21. The number of nitrogens with one attached hydrogen (secondary N) is 1. The molecule has 0 fully saturated rings. The van der Waals surface area contributed by atoms with Crippen molar-refractivity contribution in [2.45, 2.75) is 12.5 Å². The normalized spacial score (nSPS) is 11.4. The van der Waals surface area contributed by atoms with Gasteiger partial charge in [-0.2, -0.15) is 0 Å². The molecule has 1 atom stereocenters. The third-order valence-electron chi connectivity index (χ3n) is 4.77. The molecule has 0 aliphatic rings. The Kier molecular flexibility index (Phi) is 6.80. The summed E-state index contributed by atoms with van der Waals surface area (Å²) in [6.45, 7) is 0. The Balaban J connectivity index is 1.85. The second-order valence-corrected chi connectivity index (χ2v) is 6.72. The Labute approximate surface area is 176 Å². The number of anilines is 1. The van der Waals surface area contributed by atoms with Gasteiger partial charge in [0.15, 0.2) is 11.5 Å². The van der Waals surface area contributed by atoms with E-state index in [0.29, 0.717) is 17.2 Å². The summed E-state index contributed by atoms with van der Waals surface area (Å²) in [4.78, 5) is 11.9. The van der Waals surface area contributed by atoms with E-state index in [2.05, 4.69) is 5.32 Å². The zero-order valence-electron chi connectivity index (χ0n) is 17.2. The Morgan fingerprint density at radius 2 is 1.50 bits per heavy atom. The second-order valence-electron chi connectivity index (χ2n) is 6.72. The van der Waals surface area contributed by atoms with Gasteiger partial charge in [-0.05, 0) is 41.0 Å². The number of hydrogen-bond acceptors (Lipinski definition) is 5. The van der Waals surface area contributed by atoms with Crippen LogP contribution in [0.2, 0.25) is 0 Å². The van der Waals surface area contributed by atoms with Gasteiger partial charge in [-0.25, -0.2) is 4.79 Å². The van der Waals surface area contributed by atoms with E-state index in [9.17, 15) is 9.90 Å². The van der Waals surface area contributed by atoms with Crippen molar-refractivity contribution < 1.29 is 24.1 Å². The van der Waals surface area contributed by atoms with E-state index < -0.39 is 12.0 Å². The fraction of sp³-hybridized carbons (Fsp3) is 0.208. The van der Waals surface area contributed by atoms with E-state index in [4.69, 9.17) is 14.2 Å². The minimum absolute atomic E-state index is 0.238. The summed E-state index contributed by atoms with van der Waals surface area (Å²) >= 11 is 0. The first-order valence-corrected chi connectivity index (χ1v) is 9.49. The molecule has 0 aliphatic heterocycles. The average Bonchev–Trinajstić information content (AvgIpc) is 2.78. The van der Waals surface area contributed by atoms with E-state index in [1.165, 1.54) is 21.3 Å². The average molecular weight is 407 g/mol. The van der Waals surface area contributed by atoms with Crippen LogP contribution in [0.1, 0.15) is 5.56 Å². The maximum absolute atomic E-state index is 11.9. The molecule has 3 aromatic rings. The van der Waals surface area contributed by atoms with Gasteiger partial charge in [0.05, 0.1) is 21.3 Å². The first-order valence-electron chi connectivity index (χ1n) is 9.49. The molecule has 0 spiro atoms. The van der Waals surface area contributed by atoms with Crippen molar-refractivity contribution in [1.82, 2.24) is 0 Å². The molecule has 3 aromatic carbocycles. The molecule has 0 unspecified atom stereocenters. The number of ether oxygens (including phenoxy) is 3. The summed E-state index contributed by atoms with van der Waals surface area (Å²) in [5.41, 5.74) is 3.56. The smallest absolute Gasteiger partial charge is 0.326 e. The molecular formula is C24H25NO5. The van der Waals surface area contributed by atoms with E-state index in [1.54, 1.807) is 12.1 Å². The van der Waals surface area contributed by atoms with Crippen molar-refractivity contribution in [2.75, 3.05) is 26.6 Å². The lowest BCUT2D eigenvalue weighted by Crippen LogP contribution is -2.31. The van der Waals surface area contributed by atoms with Crippen molar-refractivity contribution in [3.8, 4) is 28.4 Å². The highest BCUT2D eigenvalue weighted by molar-refractivity contribution is 5.79. The molecule has 156 valence electrons. The predicted molar refractivity (Wildman–Crippen MR) is 117 cm³/mol. The van der Waals surface area contributed by atoms with Gasteiger partial charge in [-0.1, -0.05) is 42.5 Å². The van der Waals surface area contributed by atoms with Crippen molar-refractivity contribution in [3.05, 3.63) is 72.3 Å². The number of hydrogen-bond donors (Lipinski definition) is 2. The van der Waals surface area contributed by atoms with Crippen molar-refractivity contribution in [2.24, 2.45) is 0 Å². The van der Waals surface area contributed by atoms with Crippen LogP contribution in [0.15, 0.2) is 66.7 Å². The molecule has 0 saturated heterocycles. The third kappa shape index (κ3) is 4.84. The van der Waals surface area contributed by atoms with E-state index in [-0.39, 0.29) is 6.42 Å². The minimum Gasteiger partial charge on any atom is -0.493 e. The minimum atomic E-state index is -0.950. The van der Waals surface area contributed by atoms with Gasteiger partial charge >= 0.3 is 5.97 Å². The molecule has 30 heavy (non-hydrogen) atoms. The molecule has 0 heterocycles. The number of carbonyl (C=O) groups is 1. The zero-order chi connectivity index (χ0) is 21.5. The molecular weight excluding hydrogens is 382 g/mol. The monoisotopic (exact) mass is 407 g/mol. The summed E-state index contributed by atoms with van der Waals surface area (Å²) in [5, 5.41) is 12.9. The van der Waals surface area contributed by atoms with Crippen LogP contribution in [0, 0.1) is 0 Å². The topological polar surface area (TPSA) is 77.0 Å². The fourth-order valence-corrected chi connectivity index (χ4v) is 3.31. The Bertz CT molecular complexity index is 978. The van der Waals surface area contributed by atoms with Crippen molar-refractivity contribution >= 4 is 11.7 Å². The van der Waals surface area contributed by atoms with Crippen LogP contribution in [-0.4, -0.2) is 38.4 Å². The predicted octanol–water partition coefficient (Wildman–Crippen LogP) is 4.49. The van der Waals surface area contributed by atoms with Crippen LogP contribution >= 0.6 is 0 Å². The van der Waals surface area contributed by atoms with Crippen LogP contribution in [0.3, 0.4) is 0 Å². The molecule has 0 aromatic heterocycles. The molecule has 3 rings (SSSR count). The van der Waals surface area contributed by atoms with Gasteiger partial charge in [-0.15, -0.1) is 0 Å². The summed E-state index contributed by atoms with van der Waals surface area (Å²) in [7, 11) is 4.59. The van der Waals surface area contributed by atoms with Crippen LogP contribution in [0.4, 0.5) is 5.69 Å². The van der Waals surface area contributed by atoms with Gasteiger partial charge in [0, 0.05) is 12.1 Å². The maximum Gasteiger partial charge on any atom is 0.326 e. The standard InChI is InChI=1S/C24H25NO5/c1-28-21-13-16(14-22(29-2)23(21)30-3)12-20(24(26)27)25-19-11-7-10-18(15-19)17-8-5-4-6-9-17/h4-11,13-15,20,25H,12H2,1-3H3,(H,26,27)/t20-/m1/s1. The van der Waals surface area contributed by atoms with Gasteiger partial charge < -0.3 is 24.6 Å². The zero-order valence-corrected chi connectivity index (χ0v) is 17.2. The van der Waals surface area contributed by atoms with Gasteiger partial charge in [0.2, 0.25) is 5.75 Å². The highest BCUT2D eigenvalue weighted by atomic mass is 16.5. The van der Waals surface area contributed by atoms with E-state index in [1.807, 2.05) is 54.6 Å². The molecule has 6 heteroatoms. The third-order valence-corrected chi connectivity index (χ3v) is 4.77. The number of carboxylic acids is 1. The lowest BCUT2D eigenvalue weighted by atomic mass is 10.0. The van der Waals surface area contributed by atoms with Gasteiger partial charge in [0.25, 0.3) is 0 Å². The largest absolute Gasteiger partial charge is 0.493 e. The lowest BCUT2D eigenvalue weighted by molar-refractivity contribution is -0.137. The molecule has 2 N–H and O–H groups in total. The number of rotatable bonds is 9. The first kappa shape index (κ1) is 21.0. The summed E-state index contributed by atoms with van der Waals surface area (Å²) < 4.78 is 16.1. The molecule has 0 radical (unpaired) electrons. The maximum atomic E-state index is 11.9. The molecule has 0 bridgehead atoms. The first-order chi connectivity index (χ1) is 14.5. The highest BCUT2D eigenvalue weighted by Crippen LogP contribution is 2.38. The molecule has 6 nitrogen and oxygen atoms in total. The van der Waals surface area contributed by atoms with Crippen LogP contribution in [0.25, 0.3) is 11.1 Å². The van der Waals surface area contributed by atoms with E-state index in [0.717, 1.165) is 22.4 Å². The van der Waals surface area contributed by atoms with Crippen LogP contribution < -0.4 is 19.5 Å². The molecule has 0 saturated carbocycles. The van der Waals surface area contributed by atoms with Gasteiger partial charge in [0.1, 0.15) is 6.04 Å². The van der Waals surface area contributed by atoms with Crippen molar-refractivity contribution in [3.63, 3.8) is 0 Å². The van der Waals surface area contributed by atoms with E-state index >= 15 is 0 Å². The Hall–Kier alpha value is -3.67. The number of aliphatic carboxylic acids is 1. The summed E-state index contributed by atoms with van der Waals surface area (Å²) in [6, 6.07) is 20.3. The summed E-state index contributed by atoms with van der Waals surface area (Å²) in [6.07, 6.45) is 0.238. The quantitative estimate of drug-likeness (QED) is 0.544. The second kappa shape index (κ2) is 9.69. The Morgan fingerprint density at radius 3 is 2.07 bits per heavy atom. The Morgan fingerprint density at radius 1 is 0.867 bits per heavy atom. The molecule has 0 amide bonds. The molecule has 0 aliphatic carbocycles. The number of methoxy groups -OCH3 is 3. The SMILES string of the molecule is COc1cc(C[C@@H](Nc2cccc(-c3ccccc3)c2)C(=O)O)cc(OC)c1OC. The van der Waals surface area contributed by atoms with Crippen LogP contribution in [0.5, 0.6) is 17.2 Å². The van der Waals surface area contributed by atoms with Gasteiger partial charge in [-0.3, -0.25) is 0 Å².